The second-order valence-corrected chi connectivity index (χ2v) is 5.74. The Hall–Kier alpha value is -3.14. The molecule has 24 heavy (non-hydrogen) atoms. The third-order valence-corrected chi connectivity index (χ3v) is 4.12. The van der Waals surface area contributed by atoms with Gasteiger partial charge in [-0.05, 0) is 30.3 Å². The van der Waals surface area contributed by atoms with Crippen LogP contribution in [0, 0.1) is 0 Å². The number of benzene rings is 3. The fourth-order valence-corrected chi connectivity index (χ4v) is 2.94. The number of aromatic nitrogens is 1. The number of nitrogen functional groups attached to an aromatic ring is 1. The van der Waals surface area contributed by atoms with E-state index < -0.39 is 0 Å². The minimum absolute atomic E-state index is 0.570. The fraction of sp³-hybridized carbons (Fsp3) is 0.100. The summed E-state index contributed by atoms with van der Waals surface area (Å²) in [4.78, 5) is 3.43. The highest BCUT2D eigenvalue weighted by molar-refractivity contribution is 6.07. The number of hydrogen-bond acceptors (Lipinski definition) is 3. The Kier molecular flexibility index (Phi) is 3.71. The molecule has 3 aromatic carbocycles. The van der Waals surface area contributed by atoms with Gasteiger partial charge in [0.1, 0.15) is 12.4 Å². The summed E-state index contributed by atoms with van der Waals surface area (Å²) < 4.78 is 5.85. The van der Waals surface area contributed by atoms with Gasteiger partial charge in [-0.15, -0.1) is 0 Å². The van der Waals surface area contributed by atoms with Crippen molar-refractivity contribution in [1.82, 2.24) is 4.98 Å². The zero-order valence-corrected chi connectivity index (χ0v) is 13.3. The lowest BCUT2D eigenvalue weighted by Crippen LogP contribution is -2.12. The van der Waals surface area contributed by atoms with E-state index in [4.69, 9.17) is 10.5 Å². The second-order valence-electron chi connectivity index (χ2n) is 5.74. The summed E-state index contributed by atoms with van der Waals surface area (Å²) >= 11 is 0. The Bertz CT molecular complexity index is 990. The van der Waals surface area contributed by atoms with E-state index in [1.807, 2.05) is 42.5 Å². The van der Waals surface area contributed by atoms with Crippen molar-refractivity contribution in [2.75, 3.05) is 24.2 Å². The first kappa shape index (κ1) is 14.5. The number of anilines is 2. The van der Waals surface area contributed by atoms with Gasteiger partial charge in [0.2, 0.25) is 0 Å². The molecule has 0 aliphatic carbocycles. The van der Waals surface area contributed by atoms with Crippen LogP contribution in [0.4, 0.5) is 11.4 Å². The van der Waals surface area contributed by atoms with Gasteiger partial charge in [-0.25, -0.2) is 0 Å². The summed E-state index contributed by atoms with van der Waals surface area (Å²) in [6.45, 7) is 1.26. The SMILES string of the molecule is Nc1ccccc1NCCOc1ccc2c(c1)[nH]c1ccccc12. The first-order valence-electron chi connectivity index (χ1n) is 8.03. The van der Waals surface area contributed by atoms with Crippen LogP contribution in [0.5, 0.6) is 5.75 Å². The molecule has 120 valence electrons. The highest BCUT2D eigenvalue weighted by Crippen LogP contribution is 2.28. The molecular weight excluding hydrogens is 298 g/mol. The highest BCUT2D eigenvalue weighted by atomic mass is 16.5. The number of H-pyrrole nitrogens is 1. The van der Waals surface area contributed by atoms with Gasteiger partial charge in [-0.2, -0.15) is 0 Å². The average molecular weight is 317 g/mol. The minimum Gasteiger partial charge on any atom is -0.492 e. The quantitative estimate of drug-likeness (QED) is 0.378. The maximum absolute atomic E-state index is 5.91. The molecule has 0 radical (unpaired) electrons. The molecule has 0 unspecified atom stereocenters. The molecule has 1 aromatic heterocycles. The lowest BCUT2D eigenvalue weighted by Gasteiger charge is -2.10. The number of nitrogens with one attached hydrogen (secondary N) is 2. The molecule has 4 rings (SSSR count). The number of aromatic amines is 1. The van der Waals surface area contributed by atoms with Crippen LogP contribution in [0.3, 0.4) is 0 Å². The van der Waals surface area contributed by atoms with Gasteiger partial charge >= 0.3 is 0 Å². The van der Waals surface area contributed by atoms with Crippen molar-refractivity contribution in [3.8, 4) is 5.75 Å². The van der Waals surface area contributed by atoms with Crippen molar-refractivity contribution in [2.24, 2.45) is 0 Å². The molecule has 0 fully saturated rings. The molecule has 0 aliphatic heterocycles. The normalized spacial score (nSPS) is 11.0. The van der Waals surface area contributed by atoms with Gasteiger partial charge in [0.05, 0.1) is 16.9 Å². The number of rotatable bonds is 5. The van der Waals surface area contributed by atoms with Gasteiger partial charge in [-0.3, -0.25) is 0 Å². The fourth-order valence-electron chi connectivity index (χ4n) is 2.94. The third-order valence-electron chi connectivity index (χ3n) is 4.12. The average Bonchev–Trinajstić information content (AvgIpc) is 2.98. The summed E-state index contributed by atoms with van der Waals surface area (Å²) in [6, 6.07) is 22.2. The van der Waals surface area contributed by atoms with Crippen LogP contribution in [0.25, 0.3) is 21.8 Å². The Morgan fingerprint density at radius 3 is 2.58 bits per heavy atom. The van der Waals surface area contributed by atoms with Crippen molar-refractivity contribution < 1.29 is 4.74 Å². The molecule has 4 aromatic rings. The zero-order chi connectivity index (χ0) is 16.4. The van der Waals surface area contributed by atoms with Crippen molar-refractivity contribution >= 4 is 33.2 Å². The van der Waals surface area contributed by atoms with Crippen molar-refractivity contribution in [2.45, 2.75) is 0 Å². The van der Waals surface area contributed by atoms with Crippen molar-refractivity contribution in [1.29, 1.82) is 0 Å². The van der Waals surface area contributed by atoms with E-state index in [2.05, 4.69) is 34.6 Å². The maximum Gasteiger partial charge on any atom is 0.121 e. The Labute approximate surface area is 140 Å². The van der Waals surface area contributed by atoms with Gasteiger partial charge in [0, 0.05) is 28.9 Å². The largest absolute Gasteiger partial charge is 0.492 e. The molecule has 1 heterocycles. The first-order chi connectivity index (χ1) is 11.8. The topological polar surface area (TPSA) is 63.1 Å². The Balaban J connectivity index is 1.43. The Morgan fingerprint density at radius 2 is 1.67 bits per heavy atom. The van der Waals surface area contributed by atoms with E-state index in [9.17, 15) is 0 Å². The molecule has 4 N–H and O–H groups in total. The molecular formula is C20H19N3O. The van der Waals surface area contributed by atoms with Gasteiger partial charge < -0.3 is 20.8 Å². The molecule has 0 saturated heterocycles. The molecule has 0 amide bonds. The van der Waals surface area contributed by atoms with Crippen molar-refractivity contribution in [3.05, 3.63) is 66.7 Å². The summed E-state index contributed by atoms with van der Waals surface area (Å²) in [5.41, 5.74) is 9.83. The van der Waals surface area contributed by atoms with Crippen LogP contribution in [0.15, 0.2) is 66.7 Å². The van der Waals surface area contributed by atoms with Crippen LogP contribution >= 0.6 is 0 Å². The molecule has 4 heteroatoms. The van der Waals surface area contributed by atoms with Crippen LogP contribution in [-0.4, -0.2) is 18.1 Å². The van der Waals surface area contributed by atoms with Crippen LogP contribution in [0.2, 0.25) is 0 Å². The second kappa shape index (κ2) is 6.16. The molecule has 0 spiro atoms. The van der Waals surface area contributed by atoms with E-state index >= 15 is 0 Å². The number of nitrogens with two attached hydrogens (primary N) is 1. The lowest BCUT2D eigenvalue weighted by molar-refractivity contribution is 0.333. The van der Waals surface area contributed by atoms with E-state index in [1.165, 1.54) is 10.8 Å². The van der Waals surface area contributed by atoms with Crippen LogP contribution in [-0.2, 0) is 0 Å². The minimum atomic E-state index is 0.570. The van der Waals surface area contributed by atoms with E-state index in [0.717, 1.165) is 28.2 Å². The molecule has 0 bridgehead atoms. The van der Waals surface area contributed by atoms with Crippen LogP contribution in [0.1, 0.15) is 0 Å². The molecule has 0 saturated carbocycles. The lowest BCUT2D eigenvalue weighted by atomic mass is 10.1. The molecule has 0 aliphatic rings. The predicted molar refractivity (Wildman–Crippen MR) is 101 cm³/mol. The van der Waals surface area contributed by atoms with E-state index in [1.54, 1.807) is 0 Å². The maximum atomic E-state index is 5.91. The number of hydrogen-bond donors (Lipinski definition) is 3. The highest BCUT2D eigenvalue weighted by Gasteiger charge is 2.05. The summed E-state index contributed by atoms with van der Waals surface area (Å²) in [5.74, 6) is 0.858. The van der Waals surface area contributed by atoms with Crippen LogP contribution < -0.4 is 15.8 Å². The molecule has 4 nitrogen and oxygen atoms in total. The summed E-state index contributed by atoms with van der Waals surface area (Å²) in [6.07, 6.45) is 0. The third kappa shape index (κ3) is 2.74. The first-order valence-corrected chi connectivity index (χ1v) is 8.03. The summed E-state index contributed by atoms with van der Waals surface area (Å²) in [7, 11) is 0. The number of fused-ring (bicyclic) bond motifs is 3. The number of ether oxygens (including phenoxy) is 1. The van der Waals surface area contributed by atoms with Gasteiger partial charge in [0.15, 0.2) is 0 Å². The van der Waals surface area contributed by atoms with E-state index in [-0.39, 0.29) is 0 Å². The van der Waals surface area contributed by atoms with Gasteiger partial charge in [0.25, 0.3) is 0 Å². The van der Waals surface area contributed by atoms with Crippen molar-refractivity contribution in [3.63, 3.8) is 0 Å². The zero-order valence-electron chi connectivity index (χ0n) is 13.3. The monoisotopic (exact) mass is 317 g/mol. The smallest absolute Gasteiger partial charge is 0.121 e. The standard InChI is InChI=1S/C20H19N3O/c21-17-6-2-4-8-19(17)22-11-12-24-14-9-10-16-15-5-1-3-7-18(15)23-20(16)13-14/h1-10,13,22-23H,11-12,21H2. The predicted octanol–water partition coefficient (Wildman–Crippen LogP) is 4.39. The van der Waals surface area contributed by atoms with Gasteiger partial charge in [-0.1, -0.05) is 30.3 Å². The van der Waals surface area contributed by atoms with E-state index in [0.29, 0.717) is 13.2 Å². The Morgan fingerprint density at radius 1 is 0.875 bits per heavy atom. The number of para-hydroxylation sites is 3. The summed E-state index contributed by atoms with van der Waals surface area (Å²) in [5, 5.41) is 5.74. The molecule has 0 atom stereocenters.